The van der Waals surface area contributed by atoms with E-state index in [2.05, 4.69) is 0 Å². The van der Waals surface area contributed by atoms with E-state index < -0.39 is 5.91 Å². The molecule has 0 aliphatic carbocycles. The van der Waals surface area contributed by atoms with Crippen molar-refractivity contribution in [2.45, 2.75) is 6.54 Å². The van der Waals surface area contributed by atoms with Crippen molar-refractivity contribution in [3.63, 3.8) is 0 Å². The van der Waals surface area contributed by atoms with Crippen LogP contribution in [0.3, 0.4) is 0 Å². The van der Waals surface area contributed by atoms with Crippen LogP contribution >= 0.6 is 0 Å². The maximum atomic E-state index is 13.7. The molecule has 2 rings (SSSR count). The van der Waals surface area contributed by atoms with Crippen molar-refractivity contribution < 1.29 is 9.18 Å². The van der Waals surface area contributed by atoms with Crippen LogP contribution in [0, 0.1) is 5.82 Å². The number of nitrogen functional groups attached to an aromatic ring is 1. The van der Waals surface area contributed by atoms with Gasteiger partial charge in [0.2, 0.25) is 0 Å². The Morgan fingerprint density at radius 2 is 1.95 bits per heavy atom. The predicted octanol–water partition coefficient (Wildman–Crippen LogP) is 2.14. The monoisotopic (exact) mass is 273 g/mol. The Kier molecular flexibility index (Phi) is 3.89. The van der Waals surface area contributed by atoms with Gasteiger partial charge in [-0.1, -0.05) is 18.2 Å². The van der Waals surface area contributed by atoms with Crippen molar-refractivity contribution >= 4 is 17.3 Å². The molecular formula is C15H16FN3O. The fourth-order valence-electron chi connectivity index (χ4n) is 2.05. The lowest BCUT2D eigenvalue weighted by atomic mass is 10.1. The standard InChI is InChI=1S/C15H16FN3O/c1-19(9-10-4-2-3-5-13(10)16)14-7-6-11(17)8-12(14)15(18)20/h2-8H,9,17H2,1H3,(H2,18,20). The largest absolute Gasteiger partial charge is 0.399 e. The van der Waals surface area contributed by atoms with Crippen LogP contribution in [0.25, 0.3) is 0 Å². The Bertz CT molecular complexity index is 643. The summed E-state index contributed by atoms with van der Waals surface area (Å²) in [6, 6.07) is 11.4. The molecule has 4 N–H and O–H groups in total. The van der Waals surface area contributed by atoms with E-state index in [0.717, 1.165) is 0 Å². The molecule has 0 aliphatic heterocycles. The van der Waals surface area contributed by atoms with Crippen molar-refractivity contribution in [3.05, 3.63) is 59.4 Å². The summed E-state index contributed by atoms with van der Waals surface area (Å²) < 4.78 is 13.7. The lowest BCUT2D eigenvalue weighted by Gasteiger charge is -2.22. The van der Waals surface area contributed by atoms with E-state index >= 15 is 0 Å². The molecule has 1 amide bonds. The third-order valence-electron chi connectivity index (χ3n) is 3.06. The second-order valence-electron chi connectivity index (χ2n) is 4.59. The topological polar surface area (TPSA) is 72.3 Å². The van der Waals surface area contributed by atoms with Crippen LogP contribution in [0.15, 0.2) is 42.5 Å². The number of carbonyl (C=O) groups excluding carboxylic acids is 1. The van der Waals surface area contributed by atoms with Crippen molar-refractivity contribution in [2.75, 3.05) is 17.7 Å². The third-order valence-corrected chi connectivity index (χ3v) is 3.06. The average molecular weight is 273 g/mol. The second-order valence-corrected chi connectivity index (χ2v) is 4.59. The van der Waals surface area contributed by atoms with E-state index in [9.17, 15) is 9.18 Å². The van der Waals surface area contributed by atoms with Gasteiger partial charge in [-0.2, -0.15) is 0 Å². The second kappa shape index (κ2) is 5.61. The highest BCUT2D eigenvalue weighted by Gasteiger charge is 2.13. The fraction of sp³-hybridized carbons (Fsp3) is 0.133. The van der Waals surface area contributed by atoms with Crippen molar-refractivity contribution in [1.29, 1.82) is 0 Å². The number of hydrogen-bond donors (Lipinski definition) is 2. The molecule has 4 nitrogen and oxygen atoms in total. The number of hydrogen-bond acceptors (Lipinski definition) is 3. The molecule has 0 bridgehead atoms. The minimum absolute atomic E-state index is 0.282. The summed E-state index contributed by atoms with van der Waals surface area (Å²) in [5.41, 5.74) is 13.0. The smallest absolute Gasteiger partial charge is 0.250 e. The van der Waals surface area contributed by atoms with Crippen molar-refractivity contribution in [3.8, 4) is 0 Å². The molecule has 2 aromatic carbocycles. The van der Waals surface area contributed by atoms with Gasteiger partial charge in [-0.3, -0.25) is 4.79 Å². The minimum Gasteiger partial charge on any atom is -0.399 e. The Morgan fingerprint density at radius 1 is 1.25 bits per heavy atom. The molecule has 0 radical (unpaired) electrons. The molecule has 104 valence electrons. The predicted molar refractivity (Wildman–Crippen MR) is 77.9 cm³/mol. The van der Waals surface area contributed by atoms with Gasteiger partial charge in [0.15, 0.2) is 0 Å². The number of nitrogens with two attached hydrogens (primary N) is 2. The first-order valence-corrected chi connectivity index (χ1v) is 6.13. The lowest BCUT2D eigenvalue weighted by Crippen LogP contribution is -2.22. The summed E-state index contributed by atoms with van der Waals surface area (Å²) in [6.45, 7) is 0.330. The van der Waals surface area contributed by atoms with Gasteiger partial charge in [0, 0.05) is 30.5 Å². The third kappa shape index (κ3) is 2.88. The van der Waals surface area contributed by atoms with Gasteiger partial charge in [-0.25, -0.2) is 4.39 Å². The van der Waals surface area contributed by atoms with Gasteiger partial charge in [0.05, 0.1) is 5.56 Å². The van der Waals surface area contributed by atoms with E-state index in [1.54, 1.807) is 42.3 Å². The van der Waals surface area contributed by atoms with Gasteiger partial charge in [-0.05, 0) is 24.3 Å². The molecule has 0 fully saturated rings. The van der Waals surface area contributed by atoms with Crippen LogP contribution < -0.4 is 16.4 Å². The zero-order valence-corrected chi connectivity index (χ0v) is 11.1. The number of primary amides is 1. The quantitative estimate of drug-likeness (QED) is 0.838. The number of nitrogens with zero attached hydrogens (tertiary/aromatic N) is 1. The Balaban J connectivity index is 2.32. The average Bonchev–Trinajstić information content (AvgIpc) is 2.41. The van der Waals surface area contributed by atoms with Gasteiger partial charge in [0.25, 0.3) is 5.91 Å². The van der Waals surface area contributed by atoms with Crippen molar-refractivity contribution in [1.82, 2.24) is 0 Å². The van der Waals surface area contributed by atoms with Crippen LogP contribution in [0.4, 0.5) is 15.8 Å². The molecular weight excluding hydrogens is 257 g/mol. The van der Waals surface area contributed by atoms with Crippen LogP contribution in [0.1, 0.15) is 15.9 Å². The summed E-state index contributed by atoms with van der Waals surface area (Å²) in [6.07, 6.45) is 0. The first-order valence-electron chi connectivity index (χ1n) is 6.13. The van der Waals surface area contributed by atoms with Crippen LogP contribution in [0.5, 0.6) is 0 Å². The maximum absolute atomic E-state index is 13.7. The number of amides is 1. The zero-order valence-electron chi connectivity index (χ0n) is 11.1. The maximum Gasteiger partial charge on any atom is 0.250 e. The van der Waals surface area contributed by atoms with E-state index in [1.807, 2.05) is 0 Å². The molecule has 0 heterocycles. The number of benzene rings is 2. The van der Waals surface area contributed by atoms with Crippen LogP contribution in [-0.2, 0) is 6.54 Å². The molecule has 2 aromatic rings. The van der Waals surface area contributed by atoms with E-state index in [1.165, 1.54) is 12.1 Å². The first kappa shape index (κ1) is 13.9. The summed E-state index contributed by atoms with van der Waals surface area (Å²) in [5, 5.41) is 0. The van der Waals surface area contributed by atoms with E-state index in [4.69, 9.17) is 11.5 Å². The Morgan fingerprint density at radius 3 is 2.60 bits per heavy atom. The Hall–Kier alpha value is -2.56. The zero-order chi connectivity index (χ0) is 14.7. The molecule has 0 saturated heterocycles. The summed E-state index contributed by atoms with van der Waals surface area (Å²) in [4.78, 5) is 13.2. The fourth-order valence-corrected chi connectivity index (χ4v) is 2.05. The van der Waals surface area contributed by atoms with E-state index in [-0.39, 0.29) is 5.82 Å². The van der Waals surface area contributed by atoms with Crippen LogP contribution in [0.2, 0.25) is 0 Å². The van der Waals surface area contributed by atoms with Gasteiger partial charge in [-0.15, -0.1) is 0 Å². The molecule has 0 aromatic heterocycles. The molecule has 20 heavy (non-hydrogen) atoms. The summed E-state index contributed by atoms with van der Waals surface area (Å²) in [7, 11) is 1.77. The highest BCUT2D eigenvalue weighted by atomic mass is 19.1. The highest BCUT2D eigenvalue weighted by Crippen LogP contribution is 2.23. The number of carbonyl (C=O) groups is 1. The summed E-state index contributed by atoms with van der Waals surface area (Å²) in [5.74, 6) is -0.844. The molecule has 0 saturated carbocycles. The van der Waals surface area contributed by atoms with Gasteiger partial charge >= 0.3 is 0 Å². The molecule has 0 atom stereocenters. The van der Waals surface area contributed by atoms with E-state index in [0.29, 0.717) is 29.0 Å². The Labute approximate surface area is 116 Å². The number of rotatable bonds is 4. The highest BCUT2D eigenvalue weighted by molar-refractivity contribution is 5.99. The first-order chi connectivity index (χ1) is 9.49. The lowest BCUT2D eigenvalue weighted by molar-refractivity contribution is 0.100. The molecule has 5 heteroatoms. The molecule has 0 spiro atoms. The normalized spacial score (nSPS) is 10.3. The van der Waals surface area contributed by atoms with Crippen LogP contribution in [-0.4, -0.2) is 13.0 Å². The summed E-state index contributed by atoms with van der Waals surface area (Å²) >= 11 is 0. The molecule has 0 unspecified atom stereocenters. The minimum atomic E-state index is -0.562. The SMILES string of the molecule is CN(Cc1ccccc1F)c1ccc(N)cc1C(N)=O. The number of anilines is 2. The number of halogens is 1. The molecule has 0 aliphatic rings. The van der Waals surface area contributed by atoms with Gasteiger partial charge in [0.1, 0.15) is 5.82 Å². The van der Waals surface area contributed by atoms with Gasteiger partial charge < -0.3 is 16.4 Å². The van der Waals surface area contributed by atoms with Crippen molar-refractivity contribution in [2.24, 2.45) is 5.73 Å².